The summed E-state index contributed by atoms with van der Waals surface area (Å²) < 4.78 is 5.09. The van der Waals surface area contributed by atoms with Crippen LogP contribution in [0.5, 0.6) is 0 Å². The molecule has 1 heterocycles. The van der Waals surface area contributed by atoms with E-state index in [9.17, 15) is 14.7 Å². The van der Waals surface area contributed by atoms with Crippen LogP contribution in [0.4, 0.5) is 4.79 Å². The van der Waals surface area contributed by atoms with Crippen LogP contribution in [-0.4, -0.2) is 33.2 Å². The van der Waals surface area contributed by atoms with E-state index in [0.717, 1.165) is 28.0 Å². The Morgan fingerprint density at radius 1 is 1.19 bits per heavy atom. The average molecular weight is 353 g/mol. The number of fused-ring (bicyclic) bond motifs is 1. The van der Waals surface area contributed by atoms with Crippen LogP contribution < -0.4 is 5.32 Å². The van der Waals surface area contributed by atoms with Gasteiger partial charge in [0.1, 0.15) is 18.5 Å². The van der Waals surface area contributed by atoms with Crippen molar-refractivity contribution in [3.8, 4) is 0 Å². The van der Waals surface area contributed by atoms with Gasteiger partial charge in [-0.15, -0.1) is 0 Å². The summed E-state index contributed by atoms with van der Waals surface area (Å²) in [6.45, 7) is 1.93. The van der Waals surface area contributed by atoms with Crippen molar-refractivity contribution in [1.82, 2.24) is 15.3 Å². The van der Waals surface area contributed by atoms with E-state index >= 15 is 0 Å². The number of carboxylic acids is 1. The highest BCUT2D eigenvalue weighted by Crippen LogP contribution is 2.15. The Morgan fingerprint density at radius 3 is 2.69 bits per heavy atom. The van der Waals surface area contributed by atoms with Crippen LogP contribution in [0, 0.1) is 6.92 Å². The fourth-order valence-corrected chi connectivity index (χ4v) is 2.65. The van der Waals surface area contributed by atoms with Gasteiger partial charge >= 0.3 is 12.1 Å². The molecule has 0 fully saturated rings. The summed E-state index contributed by atoms with van der Waals surface area (Å²) in [5.74, 6) is -0.336. The number of H-pyrrole nitrogens is 1. The van der Waals surface area contributed by atoms with E-state index in [0.29, 0.717) is 0 Å². The molecule has 0 bridgehead atoms. The van der Waals surface area contributed by atoms with E-state index in [4.69, 9.17) is 4.74 Å². The number of alkyl carbamates (subject to hydrolysis) is 1. The number of rotatable bonds is 6. The number of benzene rings is 2. The first-order chi connectivity index (χ1) is 12.5. The van der Waals surface area contributed by atoms with Crippen molar-refractivity contribution in [2.24, 2.45) is 0 Å². The molecule has 134 valence electrons. The third-order valence-electron chi connectivity index (χ3n) is 3.91. The summed E-state index contributed by atoms with van der Waals surface area (Å²) in [7, 11) is 0. The Labute approximate surface area is 150 Å². The molecule has 3 rings (SSSR count). The van der Waals surface area contributed by atoms with Crippen molar-refractivity contribution >= 4 is 23.1 Å². The van der Waals surface area contributed by atoms with Crippen molar-refractivity contribution in [2.45, 2.75) is 26.0 Å². The summed E-state index contributed by atoms with van der Waals surface area (Å²) in [5, 5.41) is 11.8. The second-order valence-electron chi connectivity index (χ2n) is 5.97. The number of amides is 1. The van der Waals surface area contributed by atoms with Crippen molar-refractivity contribution in [2.75, 3.05) is 0 Å². The standard InChI is InChI=1S/C19H19N3O4/c1-12-20-15-8-7-14(9-16(15)21-12)10-17(18(23)24)22-19(25)26-11-13-5-3-2-4-6-13/h2-9,17H,10-11H2,1H3,(H,20,21)(H,22,25)(H,23,24)/t17-/m1/s1. The number of carbonyl (C=O) groups excluding carboxylic acids is 1. The van der Waals surface area contributed by atoms with Gasteiger partial charge in [-0.3, -0.25) is 0 Å². The lowest BCUT2D eigenvalue weighted by molar-refractivity contribution is -0.139. The summed E-state index contributed by atoms with van der Waals surface area (Å²) in [6.07, 6.45) is -0.622. The summed E-state index contributed by atoms with van der Waals surface area (Å²) >= 11 is 0. The molecule has 3 aromatic rings. The highest BCUT2D eigenvalue weighted by molar-refractivity contribution is 5.81. The maximum absolute atomic E-state index is 11.9. The Balaban J connectivity index is 1.62. The SMILES string of the molecule is Cc1nc2ccc(C[C@@H](NC(=O)OCc3ccccc3)C(=O)O)cc2[nH]1. The van der Waals surface area contributed by atoms with Crippen molar-refractivity contribution in [3.63, 3.8) is 0 Å². The molecule has 0 aliphatic carbocycles. The number of aromatic nitrogens is 2. The first-order valence-electron chi connectivity index (χ1n) is 8.16. The van der Waals surface area contributed by atoms with Crippen LogP contribution in [-0.2, 0) is 22.6 Å². The number of carbonyl (C=O) groups is 2. The van der Waals surface area contributed by atoms with E-state index in [2.05, 4.69) is 15.3 Å². The lowest BCUT2D eigenvalue weighted by Gasteiger charge is -2.15. The molecule has 1 aromatic heterocycles. The molecule has 0 unspecified atom stereocenters. The summed E-state index contributed by atoms with van der Waals surface area (Å²) in [4.78, 5) is 30.8. The molecule has 7 nitrogen and oxygen atoms in total. The monoisotopic (exact) mass is 353 g/mol. The van der Waals surface area contributed by atoms with E-state index in [1.807, 2.05) is 49.4 Å². The number of aliphatic carboxylic acids is 1. The highest BCUT2D eigenvalue weighted by atomic mass is 16.5. The van der Waals surface area contributed by atoms with Crippen LogP contribution in [0.3, 0.4) is 0 Å². The van der Waals surface area contributed by atoms with Gasteiger partial charge < -0.3 is 20.1 Å². The number of hydrogen-bond acceptors (Lipinski definition) is 4. The van der Waals surface area contributed by atoms with Crippen LogP contribution in [0.15, 0.2) is 48.5 Å². The molecule has 0 saturated heterocycles. The molecule has 0 aliphatic heterocycles. The first kappa shape index (κ1) is 17.5. The normalized spacial score (nSPS) is 11.9. The molecular formula is C19H19N3O4. The van der Waals surface area contributed by atoms with Gasteiger partial charge in [0.15, 0.2) is 0 Å². The van der Waals surface area contributed by atoms with E-state index < -0.39 is 18.1 Å². The van der Waals surface area contributed by atoms with Gasteiger partial charge in [0, 0.05) is 6.42 Å². The minimum absolute atomic E-state index is 0.0817. The third kappa shape index (κ3) is 4.38. The number of imidazole rings is 1. The molecule has 0 spiro atoms. The third-order valence-corrected chi connectivity index (χ3v) is 3.91. The number of aryl methyl sites for hydroxylation is 1. The Morgan fingerprint density at radius 2 is 1.96 bits per heavy atom. The van der Waals surface area contributed by atoms with Gasteiger partial charge in [-0.25, -0.2) is 14.6 Å². The molecule has 1 amide bonds. The summed E-state index contributed by atoms with van der Waals surface area (Å²) in [5.41, 5.74) is 3.25. The Bertz CT molecular complexity index is 921. The zero-order valence-electron chi connectivity index (χ0n) is 14.2. The van der Waals surface area contributed by atoms with Gasteiger partial charge in [-0.2, -0.15) is 0 Å². The zero-order valence-corrected chi connectivity index (χ0v) is 14.2. The van der Waals surface area contributed by atoms with Gasteiger partial charge in [-0.05, 0) is 30.2 Å². The van der Waals surface area contributed by atoms with Crippen molar-refractivity contribution < 1.29 is 19.4 Å². The largest absolute Gasteiger partial charge is 0.480 e. The lowest BCUT2D eigenvalue weighted by atomic mass is 10.1. The Kier molecular flexibility index (Phi) is 5.17. The number of nitrogens with one attached hydrogen (secondary N) is 2. The predicted octanol–water partition coefficient (Wildman–Crippen LogP) is 2.79. The second-order valence-corrected chi connectivity index (χ2v) is 5.97. The molecule has 0 aliphatic rings. The van der Waals surface area contributed by atoms with E-state index in [-0.39, 0.29) is 13.0 Å². The molecule has 7 heteroatoms. The number of ether oxygens (including phenoxy) is 1. The highest BCUT2D eigenvalue weighted by Gasteiger charge is 2.21. The molecular weight excluding hydrogens is 334 g/mol. The van der Waals surface area contributed by atoms with Crippen molar-refractivity contribution in [3.05, 3.63) is 65.5 Å². The maximum atomic E-state index is 11.9. The second kappa shape index (κ2) is 7.69. The first-order valence-corrected chi connectivity index (χ1v) is 8.16. The van der Waals surface area contributed by atoms with Crippen LogP contribution >= 0.6 is 0 Å². The minimum Gasteiger partial charge on any atom is -0.480 e. The quantitative estimate of drug-likeness (QED) is 0.632. The Hall–Kier alpha value is -3.35. The van der Waals surface area contributed by atoms with Gasteiger partial charge in [0.25, 0.3) is 0 Å². The minimum atomic E-state index is -1.12. The maximum Gasteiger partial charge on any atom is 0.408 e. The number of nitrogens with zero attached hydrogens (tertiary/aromatic N) is 1. The predicted molar refractivity (Wildman–Crippen MR) is 95.7 cm³/mol. The summed E-state index contributed by atoms with van der Waals surface area (Å²) in [6, 6.07) is 13.6. The fraction of sp³-hybridized carbons (Fsp3) is 0.211. The fourth-order valence-electron chi connectivity index (χ4n) is 2.65. The van der Waals surface area contributed by atoms with Crippen molar-refractivity contribution in [1.29, 1.82) is 0 Å². The number of carboxylic acid groups (broad SMARTS) is 1. The topological polar surface area (TPSA) is 104 Å². The molecule has 2 aromatic carbocycles. The van der Waals surface area contributed by atoms with Crippen LogP contribution in [0.2, 0.25) is 0 Å². The molecule has 1 atom stereocenters. The average Bonchev–Trinajstić information content (AvgIpc) is 2.99. The van der Waals surface area contributed by atoms with Crippen LogP contribution in [0.25, 0.3) is 11.0 Å². The molecule has 0 radical (unpaired) electrons. The lowest BCUT2D eigenvalue weighted by Crippen LogP contribution is -2.42. The number of aromatic amines is 1. The van der Waals surface area contributed by atoms with E-state index in [1.165, 1.54) is 0 Å². The zero-order chi connectivity index (χ0) is 18.5. The molecule has 3 N–H and O–H groups in total. The van der Waals surface area contributed by atoms with E-state index in [1.54, 1.807) is 6.07 Å². The molecule has 0 saturated carbocycles. The van der Waals surface area contributed by atoms with Crippen LogP contribution in [0.1, 0.15) is 17.0 Å². The smallest absolute Gasteiger partial charge is 0.408 e. The van der Waals surface area contributed by atoms with Gasteiger partial charge in [-0.1, -0.05) is 36.4 Å². The van der Waals surface area contributed by atoms with Gasteiger partial charge in [0.05, 0.1) is 11.0 Å². The van der Waals surface area contributed by atoms with Gasteiger partial charge in [0.2, 0.25) is 0 Å². The molecule has 26 heavy (non-hydrogen) atoms. The number of hydrogen-bond donors (Lipinski definition) is 3.